The quantitative estimate of drug-likeness (QED) is 0.164. The molecule has 2 amide bonds. The van der Waals surface area contributed by atoms with Gasteiger partial charge >= 0.3 is 5.97 Å². The molecule has 3 heterocycles. The molecule has 2 aliphatic rings. The van der Waals surface area contributed by atoms with Gasteiger partial charge in [0, 0.05) is 47.9 Å². The Hall–Kier alpha value is -4.37. The number of carboxylic acid groups (broad SMARTS) is 1. The number of hydrogen-bond acceptors (Lipinski definition) is 6. The van der Waals surface area contributed by atoms with Gasteiger partial charge in [0.05, 0.1) is 10.8 Å². The van der Waals surface area contributed by atoms with Crippen LogP contribution in [0.4, 0.5) is 0 Å². The molecule has 0 bridgehead atoms. The van der Waals surface area contributed by atoms with Crippen LogP contribution < -0.4 is 5.32 Å². The summed E-state index contributed by atoms with van der Waals surface area (Å²) in [5.41, 5.74) is 5.12. The van der Waals surface area contributed by atoms with E-state index in [1.165, 1.54) is 60.3 Å². The minimum atomic E-state index is -0.915. The van der Waals surface area contributed by atoms with Crippen molar-refractivity contribution in [2.24, 2.45) is 11.8 Å². The Bertz CT molecular complexity index is 1780. The van der Waals surface area contributed by atoms with E-state index < -0.39 is 17.9 Å². The smallest absolute Gasteiger partial charge is 0.310 e. The molecule has 1 saturated carbocycles. The Kier molecular flexibility index (Phi) is 10.8. The summed E-state index contributed by atoms with van der Waals surface area (Å²) in [4.78, 5) is 50.6. The number of thiophene rings is 1. The van der Waals surface area contributed by atoms with Crippen LogP contribution in [0.1, 0.15) is 97.8 Å². The highest BCUT2D eigenvalue weighted by molar-refractivity contribution is 7.14. The normalized spacial score (nSPS) is 18.7. The molecule has 8 nitrogen and oxygen atoms in total. The molecule has 2 N–H and O–H groups in total. The van der Waals surface area contributed by atoms with Crippen molar-refractivity contribution >= 4 is 29.1 Å². The van der Waals surface area contributed by atoms with Gasteiger partial charge in [0.2, 0.25) is 5.91 Å². The first-order valence-corrected chi connectivity index (χ1v) is 18.7. The Labute approximate surface area is 299 Å². The van der Waals surface area contributed by atoms with Crippen LogP contribution in [0.2, 0.25) is 0 Å². The number of hydrogen-bond donors (Lipinski definition) is 2. The Morgan fingerprint density at radius 2 is 1.52 bits per heavy atom. The summed E-state index contributed by atoms with van der Waals surface area (Å²) in [5, 5.41) is 12.3. The maximum Gasteiger partial charge on any atom is 0.310 e. The van der Waals surface area contributed by atoms with Crippen molar-refractivity contribution in [3.8, 4) is 22.5 Å². The van der Waals surface area contributed by atoms with Gasteiger partial charge in [-0.2, -0.15) is 0 Å². The molecule has 2 aromatic carbocycles. The lowest BCUT2D eigenvalue weighted by Gasteiger charge is -2.38. The van der Waals surface area contributed by atoms with Gasteiger partial charge in [0.1, 0.15) is 6.04 Å². The zero-order valence-corrected chi connectivity index (χ0v) is 30.3. The molecule has 4 aromatic rings. The van der Waals surface area contributed by atoms with Crippen molar-refractivity contribution in [2.75, 3.05) is 13.1 Å². The fourth-order valence-corrected chi connectivity index (χ4v) is 8.09. The van der Waals surface area contributed by atoms with E-state index in [-0.39, 0.29) is 36.7 Å². The van der Waals surface area contributed by atoms with Crippen LogP contribution in [-0.4, -0.2) is 56.9 Å². The number of aliphatic carboxylic acids is 1. The summed E-state index contributed by atoms with van der Waals surface area (Å²) in [6.45, 7) is 8.85. The van der Waals surface area contributed by atoms with Crippen LogP contribution in [0.5, 0.6) is 0 Å². The molecule has 262 valence electrons. The molecule has 0 spiro atoms. The number of nitrogens with zero attached hydrogens (tertiary/aromatic N) is 3. The predicted octanol–water partition coefficient (Wildman–Crippen LogP) is 8.13. The first kappa shape index (κ1) is 35.5. The first-order valence-electron chi connectivity index (χ1n) is 17.9. The van der Waals surface area contributed by atoms with Gasteiger partial charge in [-0.05, 0) is 71.8 Å². The summed E-state index contributed by atoms with van der Waals surface area (Å²) < 4.78 is 0. The van der Waals surface area contributed by atoms with Crippen molar-refractivity contribution in [3.63, 3.8) is 0 Å². The van der Waals surface area contributed by atoms with Gasteiger partial charge in [0.15, 0.2) is 5.82 Å². The van der Waals surface area contributed by atoms with Crippen LogP contribution in [0.15, 0.2) is 73.1 Å². The van der Waals surface area contributed by atoms with Crippen molar-refractivity contribution < 1.29 is 19.5 Å². The van der Waals surface area contributed by atoms with Gasteiger partial charge < -0.3 is 15.3 Å². The van der Waals surface area contributed by atoms with E-state index in [1.807, 2.05) is 42.7 Å². The minimum Gasteiger partial charge on any atom is -0.481 e. The van der Waals surface area contributed by atoms with E-state index >= 15 is 0 Å². The lowest BCUT2D eigenvalue weighted by Crippen LogP contribution is -2.59. The molecule has 1 atom stereocenters. The number of aromatic nitrogens is 2. The summed E-state index contributed by atoms with van der Waals surface area (Å²) in [6.07, 6.45) is 11.9. The third kappa shape index (κ3) is 8.32. The first-order chi connectivity index (χ1) is 24.0. The number of carboxylic acids is 1. The Morgan fingerprint density at radius 1 is 0.880 bits per heavy atom. The molecule has 0 radical (unpaired) electrons. The standard InChI is InChI=1S/C41H48N4O4S/c1-5-6-26-7-11-28(12-8-26)29-15-17-30(18-16-29)32-22-42-37(43-23-32)31-13-9-27(10-14-31)21-34(39(47)45-24-33(25-45)40(48)49)44-38(46)35-19-20-36(50-35)41(2,3)4/h9-10,13-20,22-23,26,28,33-34H,5-8,11-12,21,24-25H2,1-4H3,(H,44,46)(H,48,49). The number of rotatable bonds is 11. The molecular formula is C41H48N4O4S. The zero-order valence-electron chi connectivity index (χ0n) is 29.5. The Balaban J connectivity index is 1.10. The van der Waals surface area contributed by atoms with E-state index in [0.29, 0.717) is 16.6 Å². The molecule has 2 aromatic heterocycles. The van der Waals surface area contributed by atoms with Gasteiger partial charge in [0.25, 0.3) is 5.91 Å². The fraction of sp³-hybridized carbons (Fsp3) is 0.439. The highest BCUT2D eigenvalue weighted by atomic mass is 32.1. The second-order valence-corrected chi connectivity index (χ2v) is 16.1. The summed E-state index contributed by atoms with van der Waals surface area (Å²) in [7, 11) is 0. The second-order valence-electron chi connectivity index (χ2n) is 15.0. The van der Waals surface area contributed by atoms with Crippen molar-refractivity contribution in [1.29, 1.82) is 0 Å². The Morgan fingerprint density at radius 3 is 2.10 bits per heavy atom. The van der Waals surface area contributed by atoms with E-state index in [4.69, 9.17) is 0 Å². The molecule has 6 rings (SSSR count). The number of benzene rings is 2. The highest BCUT2D eigenvalue weighted by Crippen LogP contribution is 2.38. The van der Waals surface area contributed by atoms with E-state index in [1.54, 1.807) is 6.07 Å². The topological polar surface area (TPSA) is 112 Å². The van der Waals surface area contributed by atoms with Crippen LogP contribution in [0.25, 0.3) is 22.5 Å². The molecule has 1 aliphatic heterocycles. The molecule has 9 heteroatoms. The SMILES string of the molecule is CCCC1CCC(c2ccc(-c3cnc(-c4ccc(CC(NC(=O)c5ccc(C(C)(C)C)s5)C(=O)N5CC(C(=O)O)C5)cc4)nc3)cc2)CC1. The van der Waals surface area contributed by atoms with Gasteiger partial charge in [-0.3, -0.25) is 14.4 Å². The number of likely N-dealkylation sites (tertiary alicyclic amines) is 1. The maximum atomic E-state index is 13.5. The molecule has 1 saturated heterocycles. The lowest BCUT2D eigenvalue weighted by molar-refractivity contribution is -0.153. The minimum absolute atomic E-state index is 0.0913. The lowest BCUT2D eigenvalue weighted by atomic mass is 9.77. The van der Waals surface area contributed by atoms with Crippen molar-refractivity contribution in [1.82, 2.24) is 20.2 Å². The van der Waals surface area contributed by atoms with Gasteiger partial charge in [-0.15, -0.1) is 11.3 Å². The summed E-state index contributed by atoms with van der Waals surface area (Å²) >= 11 is 1.42. The monoisotopic (exact) mass is 692 g/mol. The van der Waals surface area contributed by atoms with E-state index in [0.717, 1.165) is 33.0 Å². The molecular weight excluding hydrogens is 645 g/mol. The van der Waals surface area contributed by atoms with Crippen LogP contribution in [-0.2, 0) is 21.4 Å². The van der Waals surface area contributed by atoms with Crippen LogP contribution >= 0.6 is 11.3 Å². The van der Waals surface area contributed by atoms with Gasteiger partial charge in [-0.25, -0.2) is 9.97 Å². The third-order valence-electron chi connectivity index (χ3n) is 10.3. The zero-order chi connectivity index (χ0) is 35.4. The highest BCUT2D eigenvalue weighted by Gasteiger charge is 2.39. The number of carbonyl (C=O) groups excluding carboxylic acids is 2. The molecule has 50 heavy (non-hydrogen) atoms. The summed E-state index contributed by atoms with van der Waals surface area (Å²) in [5.74, 6) is 0.0853. The molecule has 1 unspecified atom stereocenters. The summed E-state index contributed by atoms with van der Waals surface area (Å²) in [6, 6.07) is 19.5. The number of nitrogens with one attached hydrogen (secondary N) is 1. The van der Waals surface area contributed by atoms with Crippen molar-refractivity contribution in [3.05, 3.63) is 93.9 Å². The largest absolute Gasteiger partial charge is 0.481 e. The van der Waals surface area contributed by atoms with E-state index in [2.05, 4.69) is 67.2 Å². The predicted molar refractivity (Wildman–Crippen MR) is 198 cm³/mol. The van der Waals surface area contributed by atoms with E-state index in [9.17, 15) is 19.5 Å². The fourth-order valence-electron chi connectivity index (χ4n) is 7.12. The third-order valence-corrected chi connectivity index (χ3v) is 11.8. The van der Waals surface area contributed by atoms with Gasteiger partial charge in [-0.1, -0.05) is 89.1 Å². The molecule has 2 fully saturated rings. The second kappa shape index (κ2) is 15.3. The average molecular weight is 693 g/mol. The van der Waals surface area contributed by atoms with Crippen LogP contribution in [0.3, 0.4) is 0 Å². The number of carbonyl (C=O) groups is 3. The van der Waals surface area contributed by atoms with Crippen molar-refractivity contribution in [2.45, 2.75) is 90.0 Å². The molecule has 1 aliphatic carbocycles. The number of amides is 2. The average Bonchev–Trinajstić information content (AvgIpc) is 3.60. The maximum absolute atomic E-state index is 13.5. The van der Waals surface area contributed by atoms with Crippen LogP contribution in [0, 0.1) is 11.8 Å².